The van der Waals surface area contributed by atoms with Gasteiger partial charge >= 0.3 is 0 Å². The molecule has 0 atom stereocenters. The predicted octanol–water partition coefficient (Wildman–Crippen LogP) is 2.10. The topological polar surface area (TPSA) is 49.3 Å². The van der Waals surface area contributed by atoms with Gasteiger partial charge in [-0.1, -0.05) is 13.3 Å². The lowest BCUT2D eigenvalue weighted by Crippen LogP contribution is -2.27. The van der Waals surface area contributed by atoms with Crippen molar-refractivity contribution in [1.29, 1.82) is 0 Å². The summed E-state index contributed by atoms with van der Waals surface area (Å²) in [5.41, 5.74) is 0.734. The molecule has 0 aromatic carbocycles. The van der Waals surface area contributed by atoms with E-state index in [1.165, 1.54) is 0 Å². The van der Waals surface area contributed by atoms with Crippen molar-refractivity contribution in [2.24, 2.45) is 0 Å². The van der Waals surface area contributed by atoms with Crippen LogP contribution in [0.25, 0.3) is 0 Å². The Labute approximate surface area is 112 Å². The van der Waals surface area contributed by atoms with E-state index in [0.29, 0.717) is 13.0 Å². The van der Waals surface area contributed by atoms with Crippen LogP contribution < -0.4 is 9.80 Å². The number of fused-ring (bicyclic) bond motifs is 1. The maximum atomic E-state index is 11.9. The Morgan fingerprint density at radius 2 is 2.28 bits per heavy atom. The molecule has 1 aliphatic rings. The van der Waals surface area contributed by atoms with E-state index in [-0.39, 0.29) is 11.2 Å². The fourth-order valence-electron chi connectivity index (χ4n) is 2.02. The second-order valence-corrected chi connectivity index (χ2v) is 4.73. The first-order valence-electron chi connectivity index (χ1n) is 6.17. The molecule has 0 unspecified atom stereocenters. The van der Waals surface area contributed by atoms with Gasteiger partial charge in [-0.2, -0.15) is 4.98 Å². The first-order chi connectivity index (χ1) is 8.63. The molecule has 2 heterocycles. The molecule has 0 saturated carbocycles. The summed E-state index contributed by atoms with van der Waals surface area (Å²) in [5, 5.41) is 0.220. The van der Waals surface area contributed by atoms with Gasteiger partial charge in [-0.3, -0.25) is 4.79 Å². The first-order valence-corrected chi connectivity index (χ1v) is 6.55. The summed E-state index contributed by atoms with van der Waals surface area (Å²) in [4.78, 5) is 23.9. The zero-order valence-electron chi connectivity index (χ0n) is 10.7. The van der Waals surface area contributed by atoms with Gasteiger partial charge < -0.3 is 9.80 Å². The Balaban J connectivity index is 2.38. The molecule has 1 aliphatic heterocycles. The zero-order valence-corrected chi connectivity index (χ0v) is 11.4. The van der Waals surface area contributed by atoms with E-state index in [1.54, 1.807) is 18.1 Å². The summed E-state index contributed by atoms with van der Waals surface area (Å²) in [5.74, 6) is 0.845. The average molecular weight is 269 g/mol. The third kappa shape index (κ3) is 2.56. The number of aromatic nitrogens is 2. The molecule has 0 bridgehead atoms. The van der Waals surface area contributed by atoms with E-state index in [9.17, 15) is 4.79 Å². The normalized spacial score (nSPS) is 15.6. The number of unbranched alkanes of at least 4 members (excludes halogenated alkanes) is 1. The fourth-order valence-corrected chi connectivity index (χ4v) is 2.15. The lowest BCUT2D eigenvalue weighted by molar-refractivity contribution is -0.118. The SMILES string of the molecule is CCCCN1CCC(=O)N(C)c2cnc(Cl)nc21. The maximum Gasteiger partial charge on any atom is 0.228 e. The van der Waals surface area contributed by atoms with Gasteiger partial charge in [-0.15, -0.1) is 0 Å². The van der Waals surface area contributed by atoms with Gasteiger partial charge in [0.15, 0.2) is 5.82 Å². The van der Waals surface area contributed by atoms with E-state index in [4.69, 9.17) is 11.6 Å². The quantitative estimate of drug-likeness (QED) is 0.788. The molecule has 2 rings (SSSR count). The van der Waals surface area contributed by atoms with Crippen molar-refractivity contribution in [2.45, 2.75) is 26.2 Å². The number of carbonyl (C=O) groups excluding carboxylic acids is 1. The largest absolute Gasteiger partial charge is 0.354 e. The molecule has 6 heteroatoms. The van der Waals surface area contributed by atoms with Gasteiger partial charge in [0.1, 0.15) is 5.69 Å². The number of rotatable bonds is 3. The molecule has 98 valence electrons. The van der Waals surface area contributed by atoms with Crippen molar-refractivity contribution in [3.05, 3.63) is 11.5 Å². The van der Waals surface area contributed by atoms with E-state index in [0.717, 1.165) is 30.9 Å². The van der Waals surface area contributed by atoms with Crippen LogP contribution in [0.4, 0.5) is 11.5 Å². The molecule has 18 heavy (non-hydrogen) atoms. The van der Waals surface area contributed by atoms with E-state index in [2.05, 4.69) is 21.8 Å². The minimum atomic E-state index is 0.0844. The van der Waals surface area contributed by atoms with Crippen molar-refractivity contribution in [3.63, 3.8) is 0 Å². The van der Waals surface area contributed by atoms with Crippen molar-refractivity contribution in [1.82, 2.24) is 9.97 Å². The third-order valence-electron chi connectivity index (χ3n) is 3.13. The summed E-state index contributed by atoms with van der Waals surface area (Å²) < 4.78 is 0. The molecule has 1 aromatic rings. The highest BCUT2D eigenvalue weighted by Crippen LogP contribution is 2.30. The first kappa shape index (κ1) is 13.1. The van der Waals surface area contributed by atoms with Gasteiger partial charge in [0, 0.05) is 26.6 Å². The number of anilines is 2. The van der Waals surface area contributed by atoms with Crippen LogP contribution >= 0.6 is 11.6 Å². The Kier molecular flexibility index (Phi) is 4.01. The summed E-state index contributed by atoms with van der Waals surface area (Å²) in [6, 6.07) is 0. The van der Waals surface area contributed by atoms with Gasteiger partial charge in [-0.05, 0) is 18.0 Å². The number of hydrogen-bond acceptors (Lipinski definition) is 4. The molecule has 0 N–H and O–H groups in total. The van der Waals surface area contributed by atoms with Crippen molar-refractivity contribution < 1.29 is 4.79 Å². The lowest BCUT2D eigenvalue weighted by atomic mass is 10.3. The van der Waals surface area contributed by atoms with Crippen LogP contribution in [0.2, 0.25) is 5.28 Å². The van der Waals surface area contributed by atoms with Crippen LogP contribution in [-0.2, 0) is 4.79 Å². The smallest absolute Gasteiger partial charge is 0.228 e. The Morgan fingerprint density at radius 1 is 1.50 bits per heavy atom. The molecule has 5 nitrogen and oxygen atoms in total. The van der Waals surface area contributed by atoms with Crippen molar-refractivity contribution in [2.75, 3.05) is 29.9 Å². The van der Waals surface area contributed by atoms with E-state index >= 15 is 0 Å². The molecule has 1 amide bonds. The molecule has 0 spiro atoms. The maximum absolute atomic E-state index is 11.9. The fraction of sp³-hybridized carbons (Fsp3) is 0.583. The minimum Gasteiger partial charge on any atom is -0.354 e. The highest BCUT2D eigenvalue weighted by molar-refractivity contribution is 6.28. The van der Waals surface area contributed by atoms with Gasteiger partial charge in [0.05, 0.1) is 6.20 Å². The number of carbonyl (C=O) groups is 1. The lowest BCUT2D eigenvalue weighted by Gasteiger charge is -2.23. The number of halogens is 1. The minimum absolute atomic E-state index is 0.0844. The molecule has 0 fully saturated rings. The highest BCUT2D eigenvalue weighted by atomic mass is 35.5. The zero-order chi connectivity index (χ0) is 13.1. The van der Waals surface area contributed by atoms with Crippen LogP contribution in [0.5, 0.6) is 0 Å². The van der Waals surface area contributed by atoms with Gasteiger partial charge in [0.25, 0.3) is 0 Å². The van der Waals surface area contributed by atoms with Gasteiger partial charge in [0.2, 0.25) is 11.2 Å². The predicted molar refractivity (Wildman–Crippen MR) is 72.2 cm³/mol. The summed E-state index contributed by atoms with van der Waals surface area (Å²) in [7, 11) is 1.75. The van der Waals surface area contributed by atoms with Crippen molar-refractivity contribution >= 4 is 29.0 Å². The second-order valence-electron chi connectivity index (χ2n) is 4.39. The third-order valence-corrected chi connectivity index (χ3v) is 3.31. The number of amides is 1. The Bertz CT molecular complexity index is 452. The number of nitrogens with zero attached hydrogens (tertiary/aromatic N) is 4. The van der Waals surface area contributed by atoms with Crippen LogP contribution in [-0.4, -0.2) is 36.0 Å². The monoisotopic (exact) mass is 268 g/mol. The van der Waals surface area contributed by atoms with E-state index < -0.39 is 0 Å². The summed E-state index contributed by atoms with van der Waals surface area (Å²) >= 11 is 5.86. The molecule has 1 aromatic heterocycles. The van der Waals surface area contributed by atoms with Crippen LogP contribution in [0.15, 0.2) is 6.20 Å². The second kappa shape index (κ2) is 5.52. The van der Waals surface area contributed by atoms with E-state index in [1.807, 2.05) is 0 Å². The molecular weight excluding hydrogens is 252 g/mol. The standard InChI is InChI=1S/C12H17ClN4O/c1-3-4-6-17-7-5-10(18)16(2)9-8-14-12(13)15-11(9)17/h8H,3-7H2,1-2H3. The molecular formula is C12H17ClN4O. The van der Waals surface area contributed by atoms with Gasteiger partial charge in [-0.25, -0.2) is 4.98 Å². The van der Waals surface area contributed by atoms with Crippen LogP contribution in [0.1, 0.15) is 26.2 Å². The van der Waals surface area contributed by atoms with Crippen LogP contribution in [0.3, 0.4) is 0 Å². The Hall–Kier alpha value is -1.36. The number of hydrogen-bond donors (Lipinski definition) is 0. The molecule has 0 radical (unpaired) electrons. The summed E-state index contributed by atoms with van der Waals surface area (Å²) in [6.45, 7) is 3.71. The average Bonchev–Trinajstić information content (AvgIpc) is 2.47. The van der Waals surface area contributed by atoms with Crippen LogP contribution in [0, 0.1) is 0 Å². The van der Waals surface area contributed by atoms with Crippen molar-refractivity contribution in [3.8, 4) is 0 Å². The summed E-state index contributed by atoms with van der Waals surface area (Å²) in [6.07, 6.45) is 4.29. The highest BCUT2D eigenvalue weighted by Gasteiger charge is 2.25. The Morgan fingerprint density at radius 3 is 3.00 bits per heavy atom. The molecule has 0 saturated heterocycles. The molecule has 0 aliphatic carbocycles.